The van der Waals surface area contributed by atoms with Gasteiger partial charge in [-0.05, 0) is 19.4 Å². The van der Waals surface area contributed by atoms with Crippen molar-refractivity contribution in [2.45, 2.75) is 25.2 Å². The second-order valence-corrected chi connectivity index (χ2v) is 5.16. The van der Waals surface area contributed by atoms with E-state index in [4.69, 9.17) is 14.0 Å². The summed E-state index contributed by atoms with van der Waals surface area (Å²) in [5.41, 5.74) is 0. The quantitative estimate of drug-likeness (QED) is 0.788. The first-order chi connectivity index (χ1) is 9.42. The van der Waals surface area contributed by atoms with Gasteiger partial charge in [-0.3, -0.25) is 4.90 Å². The minimum Gasteiger partial charge on any atom is -0.381 e. The van der Waals surface area contributed by atoms with E-state index in [0.717, 1.165) is 77.0 Å². The average Bonchev–Trinajstić information content (AvgIpc) is 3.10. The number of aryl methyl sites for hydroxylation is 1. The number of hydrogen-bond acceptors (Lipinski definition) is 6. The molecular weight excluding hydrogens is 246 g/mol. The molecule has 1 atom stereocenters. The molecule has 106 valence electrons. The molecule has 0 aliphatic carbocycles. The molecule has 0 saturated carbocycles. The smallest absolute Gasteiger partial charge is 0.226 e. The van der Waals surface area contributed by atoms with E-state index in [2.05, 4.69) is 15.0 Å². The van der Waals surface area contributed by atoms with Gasteiger partial charge in [-0.1, -0.05) is 5.16 Å². The third-order valence-electron chi connectivity index (χ3n) is 3.75. The molecule has 2 saturated heterocycles. The Morgan fingerprint density at radius 1 is 1.16 bits per heavy atom. The molecule has 0 aromatic carbocycles. The van der Waals surface area contributed by atoms with Crippen LogP contribution < -0.4 is 0 Å². The third kappa shape index (κ3) is 3.52. The van der Waals surface area contributed by atoms with Crippen LogP contribution in [-0.4, -0.2) is 61.1 Å². The van der Waals surface area contributed by atoms with Crippen LogP contribution in [0.3, 0.4) is 0 Å². The summed E-state index contributed by atoms with van der Waals surface area (Å²) in [6.45, 7) is 6.40. The lowest BCUT2D eigenvalue weighted by Crippen LogP contribution is -2.36. The molecule has 19 heavy (non-hydrogen) atoms. The van der Waals surface area contributed by atoms with E-state index in [-0.39, 0.29) is 0 Å². The van der Waals surface area contributed by atoms with Crippen LogP contribution in [0.5, 0.6) is 0 Å². The Balaban J connectivity index is 1.42. The van der Waals surface area contributed by atoms with Gasteiger partial charge in [0.05, 0.1) is 19.8 Å². The number of rotatable bonds is 5. The Morgan fingerprint density at radius 3 is 2.84 bits per heavy atom. The molecule has 0 spiro atoms. The molecule has 2 fully saturated rings. The fourth-order valence-corrected chi connectivity index (χ4v) is 2.55. The second kappa shape index (κ2) is 6.45. The standard InChI is InChI=1S/C13H21N3O3/c1(4-16-5-8-17-9-6-16)2-12-14-13(15-19-12)11-3-7-18-10-11/h11H,1-10H2/t11-/m1/s1. The lowest BCUT2D eigenvalue weighted by atomic mass is 10.1. The SMILES string of the molecule is C(Cc1nc([C@@H]2CCOC2)no1)CN1CCOCC1. The van der Waals surface area contributed by atoms with Crippen LogP contribution in [0.15, 0.2) is 4.52 Å². The van der Waals surface area contributed by atoms with Crippen molar-refractivity contribution in [3.05, 3.63) is 11.7 Å². The lowest BCUT2D eigenvalue weighted by molar-refractivity contribution is 0.0372. The molecule has 0 bridgehead atoms. The van der Waals surface area contributed by atoms with E-state index in [1.54, 1.807) is 0 Å². The highest BCUT2D eigenvalue weighted by molar-refractivity contribution is 4.97. The molecule has 0 unspecified atom stereocenters. The molecule has 0 N–H and O–H groups in total. The molecule has 0 amide bonds. The first kappa shape index (κ1) is 13.0. The van der Waals surface area contributed by atoms with Crippen LogP contribution in [0.4, 0.5) is 0 Å². The molecular formula is C13H21N3O3. The Morgan fingerprint density at radius 2 is 2.05 bits per heavy atom. The predicted octanol–water partition coefficient (Wildman–Crippen LogP) is 0.838. The highest BCUT2D eigenvalue weighted by Gasteiger charge is 2.23. The van der Waals surface area contributed by atoms with Gasteiger partial charge < -0.3 is 14.0 Å². The van der Waals surface area contributed by atoms with Crippen molar-refractivity contribution in [1.29, 1.82) is 0 Å². The highest BCUT2D eigenvalue weighted by atomic mass is 16.5. The van der Waals surface area contributed by atoms with Gasteiger partial charge in [0.15, 0.2) is 5.82 Å². The largest absolute Gasteiger partial charge is 0.381 e. The summed E-state index contributed by atoms with van der Waals surface area (Å²) >= 11 is 0. The molecule has 3 heterocycles. The van der Waals surface area contributed by atoms with E-state index < -0.39 is 0 Å². The third-order valence-corrected chi connectivity index (χ3v) is 3.75. The number of aromatic nitrogens is 2. The van der Waals surface area contributed by atoms with Crippen LogP contribution in [0.25, 0.3) is 0 Å². The summed E-state index contributed by atoms with van der Waals surface area (Å²) in [5.74, 6) is 1.91. The van der Waals surface area contributed by atoms with Crippen molar-refractivity contribution in [2.75, 3.05) is 46.1 Å². The van der Waals surface area contributed by atoms with Crippen molar-refractivity contribution < 1.29 is 14.0 Å². The molecule has 0 radical (unpaired) electrons. The van der Waals surface area contributed by atoms with Crippen molar-refractivity contribution in [1.82, 2.24) is 15.0 Å². The Hall–Kier alpha value is -0.980. The van der Waals surface area contributed by atoms with Crippen LogP contribution in [0.2, 0.25) is 0 Å². The number of nitrogens with zero attached hydrogens (tertiary/aromatic N) is 3. The second-order valence-electron chi connectivity index (χ2n) is 5.16. The summed E-state index contributed by atoms with van der Waals surface area (Å²) in [4.78, 5) is 6.90. The van der Waals surface area contributed by atoms with E-state index in [9.17, 15) is 0 Å². The van der Waals surface area contributed by atoms with Crippen molar-refractivity contribution in [3.8, 4) is 0 Å². The normalized spacial score (nSPS) is 24.9. The molecule has 6 nitrogen and oxygen atoms in total. The minimum atomic E-state index is 0.330. The molecule has 3 rings (SSSR count). The summed E-state index contributed by atoms with van der Waals surface area (Å²) in [7, 11) is 0. The maximum atomic E-state index is 5.34. The summed E-state index contributed by atoms with van der Waals surface area (Å²) in [6, 6.07) is 0. The average molecular weight is 267 g/mol. The van der Waals surface area contributed by atoms with Gasteiger partial charge in [0.1, 0.15) is 0 Å². The maximum absolute atomic E-state index is 5.34. The highest BCUT2D eigenvalue weighted by Crippen LogP contribution is 2.22. The minimum absolute atomic E-state index is 0.330. The monoisotopic (exact) mass is 267 g/mol. The Bertz CT molecular complexity index is 384. The van der Waals surface area contributed by atoms with Gasteiger partial charge in [0.25, 0.3) is 0 Å². The fourth-order valence-electron chi connectivity index (χ4n) is 2.55. The van der Waals surface area contributed by atoms with Gasteiger partial charge in [-0.15, -0.1) is 0 Å². The Kier molecular flexibility index (Phi) is 4.42. The topological polar surface area (TPSA) is 60.6 Å². The van der Waals surface area contributed by atoms with Crippen LogP contribution in [-0.2, 0) is 15.9 Å². The molecule has 1 aromatic heterocycles. The Labute approximate surface area is 113 Å². The van der Waals surface area contributed by atoms with Crippen LogP contribution in [0, 0.1) is 0 Å². The molecule has 1 aromatic rings. The van der Waals surface area contributed by atoms with Gasteiger partial charge >= 0.3 is 0 Å². The first-order valence-electron chi connectivity index (χ1n) is 7.12. The van der Waals surface area contributed by atoms with E-state index in [0.29, 0.717) is 5.92 Å². The van der Waals surface area contributed by atoms with Gasteiger partial charge in [-0.2, -0.15) is 4.98 Å². The zero-order chi connectivity index (χ0) is 12.9. The fraction of sp³-hybridized carbons (Fsp3) is 0.846. The van der Waals surface area contributed by atoms with Gasteiger partial charge in [-0.25, -0.2) is 0 Å². The molecule has 2 aliphatic rings. The predicted molar refractivity (Wildman–Crippen MR) is 68.1 cm³/mol. The summed E-state index contributed by atoms with van der Waals surface area (Å²) in [5, 5.41) is 4.06. The zero-order valence-corrected chi connectivity index (χ0v) is 11.2. The molecule has 2 aliphatic heterocycles. The van der Waals surface area contributed by atoms with Crippen LogP contribution >= 0.6 is 0 Å². The maximum Gasteiger partial charge on any atom is 0.226 e. The van der Waals surface area contributed by atoms with Gasteiger partial charge in [0, 0.05) is 32.0 Å². The van der Waals surface area contributed by atoms with E-state index in [1.807, 2.05) is 0 Å². The van der Waals surface area contributed by atoms with Crippen molar-refractivity contribution in [2.24, 2.45) is 0 Å². The van der Waals surface area contributed by atoms with Crippen LogP contribution in [0.1, 0.15) is 30.5 Å². The number of morpholine rings is 1. The number of hydrogen-bond donors (Lipinski definition) is 0. The van der Waals surface area contributed by atoms with Crippen molar-refractivity contribution in [3.63, 3.8) is 0 Å². The summed E-state index contributed by atoms with van der Waals surface area (Å²) in [6.07, 6.45) is 2.92. The first-order valence-corrected chi connectivity index (χ1v) is 7.12. The lowest BCUT2D eigenvalue weighted by Gasteiger charge is -2.26. The summed E-state index contributed by atoms with van der Waals surface area (Å²) < 4.78 is 16.0. The number of ether oxygens (including phenoxy) is 2. The van der Waals surface area contributed by atoms with E-state index >= 15 is 0 Å². The zero-order valence-electron chi connectivity index (χ0n) is 11.2. The van der Waals surface area contributed by atoms with Crippen molar-refractivity contribution >= 4 is 0 Å². The van der Waals surface area contributed by atoms with E-state index in [1.165, 1.54) is 0 Å². The van der Waals surface area contributed by atoms with Gasteiger partial charge in [0.2, 0.25) is 5.89 Å². The molecule has 6 heteroatoms.